The Morgan fingerprint density at radius 1 is 1.40 bits per heavy atom. The minimum atomic E-state index is -0.00723. The third kappa shape index (κ3) is 2.13. The van der Waals surface area contributed by atoms with E-state index >= 15 is 0 Å². The van der Waals surface area contributed by atoms with Gasteiger partial charge in [-0.25, -0.2) is 10.6 Å². The average molecular weight is 280 g/mol. The highest BCUT2D eigenvalue weighted by molar-refractivity contribution is 5.77. The third-order valence-corrected chi connectivity index (χ3v) is 3.43. The van der Waals surface area contributed by atoms with E-state index in [9.17, 15) is 4.79 Å². The SMILES string of the molecule is COc1nc(NN)nc(N2CCN3C(=O)NCC3C2)n1. The van der Waals surface area contributed by atoms with E-state index < -0.39 is 0 Å². The van der Waals surface area contributed by atoms with Crippen molar-refractivity contribution in [3.8, 4) is 6.01 Å². The van der Waals surface area contributed by atoms with E-state index in [0.717, 1.165) is 0 Å². The van der Waals surface area contributed by atoms with Gasteiger partial charge in [-0.05, 0) is 0 Å². The number of nitrogen functional groups attached to an aromatic ring is 1. The van der Waals surface area contributed by atoms with Gasteiger partial charge >= 0.3 is 12.0 Å². The number of carbonyl (C=O) groups excluding carboxylic acids is 1. The van der Waals surface area contributed by atoms with Crippen LogP contribution in [0.4, 0.5) is 16.7 Å². The molecule has 1 aromatic heterocycles. The number of hydrogen-bond donors (Lipinski definition) is 3. The molecule has 0 radical (unpaired) electrons. The van der Waals surface area contributed by atoms with Crippen LogP contribution in [0.15, 0.2) is 0 Å². The van der Waals surface area contributed by atoms with E-state index in [2.05, 4.69) is 25.7 Å². The summed E-state index contributed by atoms with van der Waals surface area (Å²) in [4.78, 5) is 27.8. The summed E-state index contributed by atoms with van der Waals surface area (Å²) in [5.74, 6) is 6.07. The summed E-state index contributed by atoms with van der Waals surface area (Å²) in [6.45, 7) is 2.59. The summed E-state index contributed by atoms with van der Waals surface area (Å²) in [5.41, 5.74) is 2.39. The highest BCUT2D eigenvalue weighted by atomic mass is 16.5. The summed E-state index contributed by atoms with van der Waals surface area (Å²) in [6, 6.07) is 0.325. The Labute approximate surface area is 115 Å². The highest BCUT2D eigenvalue weighted by Gasteiger charge is 2.36. The number of nitrogens with two attached hydrogens (primary N) is 1. The van der Waals surface area contributed by atoms with Gasteiger partial charge in [-0.1, -0.05) is 0 Å². The second-order valence-corrected chi connectivity index (χ2v) is 4.57. The topological polar surface area (TPSA) is 122 Å². The number of carbonyl (C=O) groups is 1. The molecule has 2 fully saturated rings. The van der Waals surface area contributed by atoms with Crippen LogP contribution in [0.25, 0.3) is 0 Å². The number of fused-ring (bicyclic) bond motifs is 1. The lowest BCUT2D eigenvalue weighted by Crippen LogP contribution is -2.52. The second kappa shape index (κ2) is 4.96. The smallest absolute Gasteiger partial charge is 0.322 e. The average Bonchev–Trinajstić information content (AvgIpc) is 2.87. The molecule has 0 saturated carbocycles. The summed E-state index contributed by atoms with van der Waals surface area (Å²) < 4.78 is 5.03. The fraction of sp³-hybridized carbons (Fsp3) is 0.600. The lowest BCUT2D eigenvalue weighted by Gasteiger charge is -2.36. The Morgan fingerprint density at radius 3 is 3.00 bits per heavy atom. The van der Waals surface area contributed by atoms with Crippen LogP contribution < -0.4 is 26.2 Å². The van der Waals surface area contributed by atoms with E-state index in [1.165, 1.54) is 7.11 Å². The maximum atomic E-state index is 11.6. The van der Waals surface area contributed by atoms with Crippen molar-refractivity contribution in [2.24, 2.45) is 5.84 Å². The first-order valence-corrected chi connectivity index (χ1v) is 6.27. The molecule has 10 heteroatoms. The summed E-state index contributed by atoms with van der Waals surface area (Å²) in [5, 5.41) is 2.83. The van der Waals surface area contributed by atoms with Gasteiger partial charge in [-0.3, -0.25) is 5.43 Å². The lowest BCUT2D eigenvalue weighted by molar-refractivity contribution is 0.197. The minimum Gasteiger partial charge on any atom is -0.467 e. The zero-order valence-corrected chi connectivity index (χ0v) is 11.0. The molecule has 1 atom stereocenters. The van der Waals surface area contributed by atoms with Crippen molar-refractivity contribution in [1.82, 2.24) is 25.2 Å². The second-order valence-electron chi connectivity index (χ2n) is 4.57. The number of piperazine rings is 1. The Kier molecular flexibility index (Phi) is 3.14. The molecule has 1 unspecified atom stereocenters. The standard InChI is InChI=1S/C10H16N8O2/c1-20-9-14-7(16-11)13-8(15-9)17-2-3-18-6(5-17)4-12-10(18)19/h6H,2-5,11H2,1H3,(H,12,19)(H,13,14,15,16). The van der Waals surface area contributed by atoms with Crippen molar-refractivity contribution >= 4 is 17.9 Å². The van der Waals surface area contributed by atoms with E-state index in [0.29, 0.717) is 32.1 Å². The first kappa shape index (κ1) is 12.7. The minimum absolute atomic E-state index is 0.00723. The van der Waals surface area contributed by atoms with Gasteiger partial charge in [-0.15, -0.1) is 0 Å². The molecule has 0 aromatic carbocycles. The number of nitrogens with one attached hydrogen (secondary N) is 2. The molecular weight excluding hydrogens is 264 g/mol. The van der Waals surface area contributed by atoms with Crippen LogP contribution in [0.1, 0.15) is 0 Å². The van der Waals surface area contributed by atoms with E-state index in [-0.39, 0.29) is 24.0 Å². The van der Waals surface area contributed by atoms with Crippen molar-refractivity contribution in [1.29, 1.82) is 0 Å². The summed E-state index contributed by atoms with van der Waals surface area (Å²) >= 11 is 0. The predicted molar refractivity (Wildman–Crippen MR) is 70.3 cm³/mol. The van der Waals surface area contributed by atoms with Crippen LogP contribution in [-0.2, 0) is 0 Å². The maximum Gasteiger partial charge on any atom is 0.322 e. The highest BCUT2D eigenvalue weighted by Crippen LogP contribution is 2.20. The van der Waals surface area contributed by atoms with Crippen LogP contribution >= 0.6 is 0 Å². The molecular formula is C10H16N8O2. The summed E-state index contributed by atoms with van der Waals surface area (Å²) in [6.07, 6.45) is 0. The van der Waals surface area contributed by atoms with Gasteiger partial charge in [0.1, 0.15) is 0 Å². The van der Waals surface area contributed by atoms with Gasteiger partial charge in [0.2, 0.25) is 11.9 Å². The van der Waals surface area contributed by atoms with E-state index in [1.54, 1.807) is 0 Å². The molecule has 0 aliphatic carbocycles. The zero-order valence-electron chi connectivity index (χ0n) is 11.0. The largest absolute Gasteiger partial charge is 0.467 e. The van der Waals surface area contributed by atoms with Crippen LogP contribution in [0.2, 0.25) is 0 Å². The number of nitrogens with zero attached hydrogens (tertiary/aromatic N) is 5. The summed E-state index contributed by atoms with van der Waals surface area (Å²) in [7, 11) is 1.48. The molecule has 3 rings (SSSR count). The number of hydrogen-bond acceptors (Lipinski definition) is 8. The molecule has 2 aliphatic heterocycles. The monoisotopic (exact) mass is 280 g/mol. The fourth-order valence-corrected chi connectivity index (χ4v) is 2.43. The van der Waals surface area contributed by atoms with Gasteiger partial charge in [0.15, 0.2) is 0 Å². The number of methoxy groups -OCH3 is 1. The Morgan fingerprint density at radius 2 is 2.25 bits per heavy atom. The van der Waals surface area contributed by atoms with Crippen molar-refractivity contribution < 1.29 is 9.53 Å². The molecule has 2 aliphatic rings. The molecule has 20 heavy (non-hydrogen) atoms. The van der Waals surface area contributed by atoms with E-state index in [1.807, 2.05) is 9.80 Å². The molecule has 108 valence electrons. The number of urea groups is 1. The predicted octanol–water partition coefficient (Wildman–Crippen LogP) is -1.62. The van der Waals surface area contributed by atoms with Gasteiger partial charge < -0.3 is 19.9 Å². The zero-order chi connectivity index (χ0) is 14.1. The molecule has 3 heterocycles. The molecule has 10 nitrogen and oxygen atoms in total. The van der Waals surface area contributed by atoms with Crippen molar-refractivity contribution in [3.63, 3.8) is 0 Å². The number of aromatic nitrogens is 3. The number of anilines is 2. The molecule has 0 spiro atoms. The van der Waals surface area contributed by atoms with Crippen molar-refractivity contribution in [2.75, 3.05) is 43.6 Å². The van der Waals surface area contributed by atoms with Crippen LogP contribution in [0.5, 0.6) is 6.01 Å². The Balaban J connectivity index is 1.81. The third-order valence-electron chi connectivity index (χ3n) is 3.43. The van der Waals surface area contributed by atoms with Gasteiger partial charge in [0.05, 0.1) is 13.2 Å². The Hall–Kier alpha value is -2.36. The number of rotatable bonds is 3. The Bertz CT molecular complexity index is 502. The van der Waals surface area contributed by atoms with Crippen LogP contribution in [-0.4, -0.2) is 65.2 Å². The van der Waals surface area contributed by atoms with Crippen LogP contribution in [0.3, 0.4) is 0 Å². The first-order valence-electron chi connectivity index (χ1n) is 6.27. The molecule has 4 N–H and O–H groups in total. The fourth-order valence-electron chi connectivity index (χ4n) is 2.43. The molecule has 1 aromatic rings. The molecule has 2 amide bonds. The van der Waals surface area contributed by atoms with E-state index in [4.69, 9.17) is 10.6 Å². The molecule has 0 bridgehead atoms. The normalized spacial score (nSPS) is 21.5. The molecule has 2 saturated heterocycles. The lowest BCUT2D eigenvalue weighted by atomic mass is 10.2. The number of amides is 2. The van der Waals surface area contributed by atoms with Crippen LogP contribution in [0, 0.1) is 0 Å². The van der Waals surface area contributed by atoms with Crippen molar-refractivity contribution in [3.05, 3.63) is 0 Å². The van der Waals surface area contributed by atoms with Gasteiger partial charge in [-0.2, -0.15) is 15.0 Å². The van der Waals surface area contributed by atoms with Gasteiger partial charge in [0, 0.05) is 26.2 Å². The van der Waals surface area contributed by atoms with Gasteiger partial charge in [0.25, 0.3) is 0 Å². The number of ether oxygens (including phenoxy) is 1. The number of hydrazine groups is 1. The maximum absolute atomic E-state index is 11.6. The quantitative estimate of drug-likeness (QED) is 0.446. The first-order chi connectivity index (χ1) is 9.71. The van der Waals surface area contributed by atoms with Crippen molar-refractivity contribution in [2.45, 2.75) is 6.04 Å².